The van der Waals surface area contributed by atoms with E-state index in [1.165, 1.54) is 17.7 Å². The Bertz CT molecular complexity index is 946. The Kier molecular flexibility index (Phi) is 3.01. The van der Waals surface area contributed by atoms with Gasteiger partial charge in [0.25, 0.3) is 5.56 Å². The molecule has 6 heteroatoms. The number of imidazole rings is 1. The molecular weight excluding hydrogens is 268 g/mol. The summed E-state index contributed by atoms with van der Waals surface area (Å²) in [6, 6.07) is 9.31. The Morgan fingerprint density at radius 3 is 2.57 bits per heavy atom. The number of rotatable bonds is 2. The molecule has 0 aliphatic heterocycles. The van der Waals surface area contributed by atoms with Crippen molar-refractivity contribution in [3.8, 4) is 0 Å². The minimum Gasteiger partial charge on any atom is -0.322 e. The lowest BCUT2D eigenvalue weighted by atomic mass is 10.3. The lowest BCUT2D eigenvalue weighted by molar-refractivity contribution is 0.624. The quantitative estimate of drug-likeness (QED) is 0.699. The fourth-order valence-corrected chi connectivity index (χ4v) is 2.49. The minimum atomic E-state index is -0.320. The highest BCUT2D eigenvalue weighted by Gasteiger charge is 2.11. The van der Waals surface area contributed by atoms with E-state index >= 15 is 0 Å². The van der Waals surface area contributed by atoms with Crippen LogP contribution in [0, 0.1) is 6.92 Å². The first-order chi connectivity index (χ1) is 9.99. The molecule has 0 aliphatic carbocycles. The van der Waals surface area contributed by atoms with E-state index in [2.05, 4.69) is 4.98 Å². The first kappa shape index (κ1) is 13.4. The van der Waals surface area contributed by atoms with Gasteiger partial charge in [0.2, 0.25) is 0 Å². The summed E-state index contributed by atoms with van der Waals surface area (Å²) < 4.78 is 4.60. The molecular formula is C15H16N4O2. The smallest absolute Gasteiger partial charge is 0.322 e. The van der Waals surface area contributed by atoms with Crippen molar-refractivity contribution in [2.45, 2.75) is 13.5 Å². The summed E-state index contributed by atoms with van der Waals surface area (Å²) >= 11 is 0. The molecule has 0 amide bonds. The summed E-state index contributed by atoms with van der Waals surface area (Å²) in [7, 11) is 3.15. The van der Waals surface area contributed by atoms with Gasteiger partial charge in [0.05, 0.1) is 17.6 Å². The zero-order valence-corrected chi connectivity index (χ0v) is 12.2. The summed E-state index contributed by atoms with van der Waals surface area (Å²) in [6.45, 7) is 2.35. The third-order valence-corrected chi connectivity index (χ3v) is 3.79. The number of hydrogen-bond acceptors (Lipinski definition) is 3. The average Bonchev–Trinajstić information content (AvgIpc) is 2.78. The zero-order valence-electron chi connectivity index (χ0n) is 12.2. The van der Waals surface area contributed by atoms with Gasteiger partial charge in [-0.3, -0.25) is 13.9 Å². The normalized spacial score (nSPS) is 11.2. The Labute approximate surface area is 120 Å². The Hall–Kier alpha value is -2.63. The third kappa shape index (κ3) is 2.08. The molecule has 0 unspecified atom stereocenters. The Morgan fingerprint density at radius 1 is 1.10 bits per heavy atom. The van der Waals surface area contributed by atoms with Crippen molar-refractivity contribution < 1.29 is 0 Å². The third-order valence-electron chi connectivity index (χ3n) is 3.79. The SMILES string of the molecule is Cc1nc2ccccc2n1Cc1cc(=O)n(C)c(=O)n1C. The topological polar surface area (TPSA) is 61.8 Å². The summed E-state index contributed by atoms with van der Waals surface area (Å²) in [5.74, 6) is 0.851. The van der Waals surface area contributed by atoms with Crippen molar-refractivity contribution in [1.29, 1.82) is 0 Å². The molecule has 3 rings (SSSR count). The number of aromatic nitrogens is 4. The van der Waals surface area contributed by atoms with Crippen LogP contribution < -0.4 is 11.2 Å². The van der Waals surface area contributed by atoms with Crippen LogP contribution in [0.15, 0.2) is 39.9 Å². The van der Waals surface area contributed by atoms with Gasteiger partial charge in [-0.15, -0.1) is 0 Å². The Balaban J connectivity index is 2.18. The average molecular weight is 284 g/mol. The molecule has 1 aromatic carbocycles. The fourth-order valence-electron chi connectivity index (χ4n) is 2.49. The van der Waals surface area contributed by atoms with Crippen molar-refractivity contribution in [2.24, 2.45) is 14.1 Å². The second-order valence-electron chi connectivity index (χ2n) is 5.11. The molecule has 0 atom stereocenters. The van der Waals surface area contributed by atoms with Crippen molar-refractivity contribution in [3.05, 3.63) is 62.7 Å². The first-order valence-electron chi connectivity index (χ1n) is 6.67. The van der Waals surface area contributed by atoms with E-state index in [0.29, 0.717) is 12.2 Å². The van der Waals surface area contributed by atoms with Crippen LogP contribution in [0.4, 0.5) is 0 Å². The summed E-state index contributed by atoms with van der Waals surface area (Å²) in [6.07, 6.45) is 0. The molecule has 0 N–H and O–H groups in total. The van der Waals surface area contributed by atoms with Gasteiger partial charge in [-0.05, 0) is 19.1 Å². The zero-order chi connectivity index (χ0) is 15.1. The molecule has 3 aromatic rings. The highest BCUT2D eigenvalue weighted by atomic mass is 16.2. The largest absolute Gasteiger partial charge is 0.330 e. The lowest BCUT2D eigenvalue weighted by Gasteiger charge is -2.12. The number of aryl methyl sites for hydroxylation is 1. The molecule has 2 aromatic heterocycles. The molecule has 0 saturated carbocycles. The molecule has 0 aliphatic rings. The van der Waals surface area contributed by atoms with Gasteiger partial charge in [0, 0.05) is 25.9 Å². The number of hydrogen-bond donors (Lipinski definition) is 0. The minimum absolute atomic E-state index is 0.296. The van der Waals surface area contributed by atoms with Crippen molar-refractivity contribution >= 4 is 11.0 Å². The van der Waals surface area contributed by atoms with Gasteiger partial charge < -0.3 is 4.57 Å². The fraction of sp³-hybridized carbons (Fsp3) is 0.267. The molecule has 0 radical (unpaired) electrons. The van der Waals surface area contributed by atoms with Crippen molar-refractivity contribution in [2.75, 3.05) is 0 Å². The maximum Gasteiger partial charge on any atom is 0.330 e. The molecule has 0 spiro atoms. The molecule has 0 saturated heterocycles. The molecule has 2 heterocycles. The van der Waals surface area contributed by atoms with Crippen LogP contribution in [-0.4, -0.2) is 18.7 Å². The van der Waals surface area contributed by atoms with Gasteiger partial charge in [-0.2, -0.15) is 0 Å². The number of benzene rings is 1. The van der Waals surface area contributed by atoms with Crippen molar-refractivity contribution in [3.63, 3.8) is 0 Å². The monoisotopic (exact) mass is 284 g/mol. The van der Waals surface area contributed by atoms with E-state index in [-0.39, 0.29) is 11.2 Å². The van der Waals surface area contributed by atoms with Crippen molar-refractivity contribution in [1.82, 2.24) is 18.7 Å². The number of nitrogens with zero attached hydrogens (tertiary/aromatic N) is 4. The highest BCUT2D eigenvalue weighted by molar-refractivity contribution is 5.75. The predicted molar refractivity (Wildman–Crippen MR) is 80.5 cm³/mol. The Morgan fingerprint density at radius 2 is 1.81 bits per heavy atom. The van der Waals surface area contributed by atoms with E-state index in [9.17, 15) is 9.59 Å². The molecule has 0 fully saturated rings. The lowest BCUT2D eigenvalue weighted by Crippen LogP contribution is -2.38. The summed E-state index contributed by atoms with van der Waals surface area (Å²) in [4.78, 5) is 28.3. The van der Waals surface area contributed by atoms with E-state index in [1.807, 2.05) is 35.8 Å². The highest BCUT2D eigenvalue weighted by Crippen LogP contribution is 2.16. The van der Waals surface area contributed by atoms with Crippen LogP contribution >= 0.6 is 0 Å². The second-order valence-corrected chi connectivity index (χ2v) is 5.11. The van der Waals surface area contributed by atoms with Gasteiger partial charge in [-0.25, -0.2) is 9.78 Å². The first-order valence-corrected chi connectivity index (χ1v) is 6.67. The molecule has 108 valence electrons. The van der Waals surface area contributed by atoms with E-state index in [4.69, 9.17) is 0 Å². The van der Waals surface area contributed by atoms with Crippen LogP contribution in [0.3, 0.4) is 0 Å². The van der Waals surface area contributed by atoms with Crippen LogP contribution in [0.5, 0.6) is 0 Å². The molecule has 21 heavy (non-hydrogen) atoms. The van der Waals surface area contributed by atoms with Gasteiger partial charge in [0.1, 0.15) is 5.82 Å². The van der Waals surface area contributed by atoms with Gasteiger partial charge in [-0.1, -0.05) is 12.1 Å². The maximum atomic E-state index is 12.0. The van der Waals surface area contributed by atoms with E-state index < -0.39 is 0 Å². The van der Waals surface area contributed by atoms with Crippen LogP contribution in [-0.2, 0) is 20.6 Å². The van der Waals surface area contributed by atoms with E-state index in [0.717, 1.165) is 21.4 Å². The maximum absolute atomic E-state index is 12.0. The summed E-state index contributed by atoms with van der Waals surface area (Å²) in [5.41, 5.74) is 1.94. The van der Waals surface area contributed by atoms with Gasteiger partial charge >= 0.3 is 5.69 Å². The molecule has 6 nitrogen and oxygen atoms in total. The summed E-state index contributed by atoms with van der Waals surface area (Å²) in [5, 5.41) is 0. The van der Waals surface area contributed by atoms with E-state index in [1.54, 1.807) is 7.05 Å². The molecule has 0 bridgehead atoms. The van der Waals surface area contributed by atoms with Gasteiger partial charge in [0.15, 0.2) is 0 Å². The van der Waals surface area contributed by atoms with Crippen LogP contribution in [0.2, 0.25) is 0 Å². The second kappa shape index (κ2) is 4.73. The number of fused-ring (bicyclic) bond motifs is 1. The number of para-hydroxylation sites is 2. The standard InChI is InChI=1S/C15H16N4O2/c1-10-16-12-6-4-5-7-13(12)19(10)9-11-8-14(20)18(3)15(21)17(11)2/h4-8H,9H2,1-3H3. The van der Waals surface area contributed by atoms with Crippen LogP contribution in [0.1, 0.15) is 11.5 Å². The predicted octanol–water partition coefficient (Wildman–Crippen LogP) is 0.790. The van der Waals surface area contributed by atoms with Crippen LogP contribution in [0.25, 0.3) is 11.0 Å².